The van der Waals surface area contributed by atoms with Gasteiger partial charge < -0.3 is 20.4 Å². The third-order valence-corrected chi connectivity index (χ3v) is 6.56. The van der Waals surface area contributed by atoms with Gasteiger partial charge >= 0.3 is 0 Å². The number of piperidine rings is 1. The van der Waals surface area contributed by atoms with Gasteiger partial charge in [0.1, 0.15) is 11.6 Å². The number of benzene rings is 2. The highest BCUT2D eigenvalue weighted by Crippen LogP contribution is 2.37. The van der Waals surface area contributed by atoms with Crippen LogP contribution >= 0.6 is 0 Å². The van der Waals surface area contributed by atoms with Crippen molar-refractivity contribution in [2.75, 3.05) is 30.8 Å². The van der Waals surface area contributed by atoms with Crippen LogP contribution in [0, 0.1) is 0 Å². The number of nitrogens with zero attached hydrogens (tertiary/aromatic N) is 3. The van der Waals surface area contributed by atoms with E-state index < -0.39 is 0 Å². The second-order valence-electron chi connectivity index (χ2n) is 8.51. The summed E-state index contributed by atoms with van der Waals surface area (Å²) >= 11 is 0. The second kappa shape index (κ2) is 7.51. The van der Waals surface area contributed by atoms with Gasteiger partial charge in [0, 0.05) is 35.1 Å². The van der Waals surface area contributed by atoms with E-state index >= 15 is 0 Å². The SMILES string of the molecule is COc1ccc(-c2nc3n[nH]c(N)c3c3c2c(=O)[nH]c2cc(N4CCCCC4)ccc23)cc1. The molecule has 0 atom stereocenters. The average molecular weight is 441 g/mol. The summed E-state index contributed by atoms with van der Waals surface area (Å²) < 4.78 is 5.28. The van der Waals surface area contributed by atoms with Crippen LogP contribution < -0.4 is 20.9 Å². The lowest BCUT2D eigenvalue weighted by Crippen LogP contribution is -2.29. The molecule has 0 unspecified atom stereocenters. The zero-order chi connectivity index (χ0) is 22.5. The van der Waals surface area contributed by atoms with E-state index in [1.54, 1.807) is 7.11 Å². The first kappa shape index (κ1) is 19.6. The zero-order valence-corrected chi connectivity index (χ0v) is 18.3. The molecule has 4 heterocycles. The minimum Gasteiger partial charge on any atom is -0.497 e. The first-order chi connectivity index (χ1) is 16.1. The van der Waals surface area contributed by atoms with Crippen molar-refractivity contribution in [1.82, 2.24) is 20.2 Å². The smallest absolute Gasteiger partial charge is 0.258 e. The Balaban J connectivity index is 1.67. The van der Waals surface area contributed by atoms with Crippen LogP contribution in [-0.2, 0) is 0 Å². The lowest BCUT2D eigenvalue weighted by atomic mass is 9.99. The molecule has 33 heavy (non-hydrogen) atoms. The van der Waals surface area contributed by atoms with Gasteiger partial charge in [-0.1, -0.05) is 6.07 Å². The normalized spacial score (nSPS) is 14.4. The maximum absolute atomic E-state index is 13.5. The lowest BCUT2D eigenvalue weighted by molar-refractivity contribution is 0.415. The molecule has 1 saturated heterocycles. The number of ether oxygens (including phenoxy) is 1. The van der Waals surface area contributed by atoms with Gasteiger partial charge in [-0.3, -0.25) is 9.89 Å². The molecule has 8 heteroatoms. The minimum absolute atomic E-state index is 0.200. The molecule has 0 aliphatic carbocycles. The van der Waals surface area contributed by atoms with E-state index in [9.17, 15) is 4.79 Å². The molecular formula is C25H24N6O2. The molecule has 1 aliphatic heterocycles. The fraction of sp³-hybridized carbons (Fsp3) is 0.240. The second-order valence-corrected chi connectivity index (χ2v) is 8.51. The molecular weight excluding hydrogens is 416 g/mol. The van der Waals surface area contributed by atoms with Gasteiger partial charge in [-0.05, 0) is 55.7 Å². The van der Waals surface area contributed by atoms with Gasteiger partial charge in [-0.15, -0.1) is 0 Å². The number of H-pyrrole nitrogens is 2. The van der Waals surface area contributed by atoms with Crippen molar-refractivity contribution >= 4 is 44.2 Å². The fourth-order valence-corrected chi connectivity index (χ4v) is 4.91. The zero-order valence-electron chi connectivity index (χ0n) is 18.3. The number of nitrogens with two attached hydrogens (primary N) is 1. The minimum atomic E-state index is -0.200. The Morgan fingerprint density at radius 3 is 2.55 bits per heavy atom. The monoisotopic (exact) mass is 440 g/mol. The number of rotatable bonds is 3. The predicted molar refractivity (Wildman–Crippen MR) is 132 cm³/mol. The summed E-state index contributed by atoms with van der Waals surface area (Å²) in [6.07, 6.45) is 3.65. The number of hydrogen-bond acceptors (Lipinski definition) is 6. The average Bonchev–Trinajstić information content (AvgIpc) is 3.24. The number of methoxy groups -OCH3 is 1. The molecule has 5 aromatic rings. The maximum Gasteiger partial charge on any atom is 0.258 e. The van der Waals surface area contributed by atoms with Crippen molar-refractivity contribution in [2.24, 2.45) is 0 Å². The summed E-state index contributed by atoms with van der Waals surface area (Å²) in [6, 6.07) is 13.8. The third-order valence-electron chi connectivity index (χ3n) is 6.56. The summed E-state index contributed by atoms with van der Waals surface area (Å²) in [6.45, 7) is 2.07. The number of anilines is 2. The van der Waals surface area contributed by atoms with Gasteiger partial charge in [0.15, 0.2) is 5.65 Å². The molecule has 6 rings (SSSR count). The Hall–Kier alpha value is -4.07. The van der Waals surface area contributed by atoms with Gasteiger partial charge in [0.05, 0.1) is 29.1 Å². The number of pyridine rings is 2. The van der Waals surface area contributed by atoms with Crippen molar-refractivity contribution in [1.29, 1.82) is 0 Å². The fourth-order valence-electron chi connectivity index (χ4n) is 4.91. The lowest BCUT2D eigenvalue weighted by Gasteiger charge is -2.29. The highest BCUT2D eigenvalue weighted by molar-refractivity contribution is 6.23. The molecule has 0 amide bonds. The topological polar surface area (TPSA) is 113 Å². The van der Waals surface area contributed by atoms with E-state index in [1.165, 1.54) is 19.3 Å². The van der Waals surface area contributed by atoms with E-state index in [0.717, 1.165) is 46.4 Å². The van der Waals surface area contributed by atoms with Gasteiger partial charge in [0.25, 0.3) is 5.56 Å². The van der Waals surface area contributed by atoms with Crippen molar-refractivity contribution in [3.05, 3.63) is 52.8 Å². The quantitative estimate of drug-likeness (QED) is 0.363. The Labute approximate surface area is 189 Å². The van der Waals surface area contributed by atoms with Crippen LogP contribution in [0.15, 0.2) is 47.3 Å². The van der Waals surface area contributed by atoms with E-state index in [0.29, 0.717) is 27.9 Å². The molecule has 4 N–H and O–H groups in total. The van der Waals surface area contributed by atoms with Crippen LogP contribution in [0.25, 0.3) is 44.0 Å². The number of nitrogens with one attached hydrogen (secondary N) is 2. The Kier molecular flexibility index (Phi) is 4.46. The van der Waals surface area contributed by atoms with Crippen LogP contribution in [0.4, 0.5) is 11.5 Å². The summed E-state index contributed by atoms with van der Waals surface area (Å²) in [5.41, 5.74) is 9.82. The Morgan fingerprint density at radius 1 is 1.00 bits per heavy atom. The van der Waals surface area contributed by atoms with Gasteiger partial charge in [0.2, 0.25) is 0 Å². The molecule has 1 aliphatic rings. The number of nitrogen functional groups attached to an aromatic ring is 1. The van der Waals surface area contributed by atoms with E-state index in [1.807, 2.05) is 24.3 Å². The molecule has 3 aromatic heterocycles. The molecule has 0 spiro atoms. The van der Waals surface area contributed by atoms with Crippen molar-refractivity contribution < 1.29 is 4.74 Å². The van der Waals surface area contributed by atoms with Gasteiger partial charge in [-0.25, -0.2) is 4.98 Å². The molecule has 166 valence electrons. The number of aromatic nitrogens is 4. The largest absolute Gasteiger partial charge is 0.497 e. The van der Waals surface area contributed by atoms with E-state index in [-0.39, 0.29) is 5.56 Å². The van der Waals surface area contributed by atoms with Crippen LogP contribution in [0.5, 0.6) is 5.75 Å². The number of hydrogen-bond donors (Lipinski definition) is 3. The predicted octanol–water partition coefficient (Wildman–Crippen LogP) is 4.20. The molecule has 0 radical (unpaired) electrons. The first-order valence-electron chi connectivity index (χ1n) is 11.2. The van der Waals surface area contributed by atoms with Crippen molar-refractivity contribution in [2.45, 2.75) is 19.3 Å². The highest BCUT2D eigenvalue weighted by Gasteiger charge is 2.21. The molecule has 8 nitrogen and oxygen atoms in total. The molecule has 0 saturated carbocycles. The summed E-state index contributed by atoms with van der Waals surface area (Å²) in [5.74, 6) is 1.13. The van der Waals surface area contributed by atoms with Crippen LogP contribution in [0.1, 0.15) is 19.3 Å². The molecule has 0 bridgehead atoms. The summed E-state index contributed by atoms with van der Waals surface area (Å²) in [5, 5.41) is 10.00. The van der Waals surface area contributed by atoms with Crippen LogP contribution in [0.3, 0.4) is 0 Å². The summed E-state index contributed by atoms with van der Waals surface area (Å²) in [4.78, 5) is 23.7. The first-order valence-corrected chi connectivity index (χ1v) is 11.2. The standard InChI is InChI=1S/C25H24N6O2/c1-33-16-8-5-14(6-9-16)22-20-19(21-23(26)29-30-24(21)28-22)17-10-7-15(13-18(17)27-25(20)32)31-11-3-2-4-12-31/h5-10,13H,2-4,11-12H2,1H3,(H,27,32)(H3,26,28,29,30). The Bertz CT molecular complexity index is 1560. The molecule has 1 fully saturated rings. The van der Waals surface area contributed by atoms with Crippen LogP contribution in [-0.4, -0.2) is 40.4 Å². The molecule has 2 aromatic carbocycles. The van der Waals surface area contributed by atoms with Crippen molar-refractivity contribution in [3.63, 3.8) is 0 Å². The highest BCUT2D eigenvalue weighted by atomic mass is 16.5. The van der Waals surface area contributed by atoms with Crippen LogP contribution in [0.2, 0.25) is 0 Å². The Morgan fingerprint density at radius 2 is 1.79 bits per heavy atom. The maximum atomic E-state index is 13.5. The number of fused-ring (bicyclic) bond motifs is 5. The van der Waals surface area contributed by atoms with E-state index in [2.05, 4.69) is 38.3 Å². The van der Waals surface area contributed by atoms with Crippen molar-refractivity contribution in [3.8, 4) is 17.0 Å². The van der Waals surface area contributed by atoms with Gasteiger partial charge in [-0.2, -0.15) is 5.10 Å². The third kappa shape index (κ3) is 3.09. The van der Waals surface area contributed by atoms with E-state index in [4.69, 9.17) is 15.5 Å². The summed E-state index contributed by atoms with van der Waals surface area (Å²) in [7, 11) is 1.62. The number of aromatic amines is 2.